The largest absolute Gasteiger partial charge is 0.493 e. The van der Waals surface area contributed by atoms with E-state index in [1.54, 1.807) is 27.9 Å². The van der Waals surface area contributed by atoms with E-state index in [4.69, 9.17) is 14.2 Å². The molecule has 0 radical (unpaired) electrons. The van der Waals surface area contributed by atoms with Crippen molar-refractivity contribution >= 4 is 11.8 Å². The van der Waals surface area contributed by atoms with Crippen LogP contribution in [0.5, 0.6) is 11.5 Å². The Hall–Kier alpha value is -2.80. The Balaban J connectivity index is 2.19. The van der Waals surface area contributed by atoms with Crippen LogP contribution in [0.4, 0.5) is 0 Å². The molecule has 1 atom stereocenters. The van der Waals surface area contributed by atoms with Crippen LogP contribution in [-0.2, 0) is 11.3 Å². The van der Waals surface area contributed by atoms with Crippen molar-refractivity contribution in [3.63, 3.8) is 0 Å². The number of nitrogens with one attached hydrogen (secondary N) is 1. The maximum Gasteiger partial charge on any atom is 0.340 e. The Morgan fingerprint density at radius 2 is 1.83 bits per heavy atom. The number of methoxy groups -OCH3 is 1. The zero-order valence-electron chi connectivity index (χ0n) is 18.9. The molecule has 0 aliphatic carbocycles. The second kappa shape index (κ2) is 10.3. The predicted molar refractivity (Wildman–Crippen MR) is 116 cm³/mol. The number of aromatic nitrogens is 1. The molecule has 1 heterocycles. The van der Waals surface area contributed by atoms with Crippen molar-refractivity contribution in [2.75, 3.05) is 27.4 Å². The normalized spacial score (nSPS) is 12.0. The maximum atomic E-state index is 13.1. The maximum absolute atomic E-state index is 13.1. The number of ether oxygens (including phenoxy) is 3. The Bertz CT molecular complexity index is 903. The van der Waals surface area contributed by atoms with E-state index in [-0.39, 0.29) is 12.4 Å². The van der Waals surface area contributed by atoms with Crippen molar-refractivity contribution in [3.05, 3.63) is 46.3 Å². The molecule has 0 fully saturated rings. The van der Waals surface area contributed by atoms with Crippen molar-refractivity contribution in [2.24, 2.45) is 0 Å². The molecule has 0 saturated carbocycles. The van der Waals surface area contributed by atoms with Crippen LogP contribution in [0.3, 0.4) is 0 Å². The molecule has 0 amide bonds. The quantitative estimate of drug-likeness (QED) is 0.467. The SMILES string of the molecule is CCOC(=O)c1c(C)[nH]c(C(=O)[C@H](C)N(C)Cc2ccc(OCC)c(OC)c2)c1C. The molecule has 1 aromatic heterocycles. The van der Waals surface area contributed by atoms with Crippen molar-refractivity contribution < 1.29 is 23.8 Å². The summed E-state index contributed by atoms with van der Waals surface area (Å²) in [6, 6.07) is 5.36. The molecule has 0 unspecified atom stereocenters. The van der Waals surface area contributed by atoms with Gasteiger partial charge in [0.05, 0.1) is 37.6 Å². The van der Waals surface area contributed by atoms with E-state index in [1.807, 2.05) is 44.0 Å². The lowest BCUT2D eigenvalue weighted by Gasteiger charge is -2.24. The number of aryl methyl sites for hydroxylation is 1. The molecule has 0 saturated heterocycles. The number of rotatable bonds is 10. The average Bonchev–Trinajstić information content (AvgIpc) is 3.02. The number of ketones is 1. The molecule has 1 aromatic carbocycles. The predicted octanol–water partition coefficient (Wildman–Crippen LogP) is 3.92. The van der Waals surface area contributed by atoms with E-state index in [0.717, 1.165) is 5.56 Å². The first-order valence-corrected chi connectivity index (χ1v) is 10.1. The molecule has 7 nitrogen and oxygen atoms in total. The minimum atomic E-state index is -0.412. The number of hydrogen-bond acceptors (Lipinski definition) is 6. The van der Waals surface area contributed by atoms with Crippen LogP contribution in [0.2, 0.25) is 0 Å². The number of H-pyrrole nitrogens is 1. The highest BCUT2D eigenvalue weighted by molar-refractivity contribution is 6.03. The van der Waals surface area contributed by atoms with Gasteiger partial charge in [-0.3, -0.25) is 9.69 Å². The average molecular weight is 417 g/mol. The summed E-state index contributed by atoms with van der Waals surface area (Å²) in [6.45, 7) is 10.5. The number of carbonyl (C=O) groups is 2. The lowest BCUT2D eigenvalue weighted by atomic mass is 10.0. The molecule has 1 N–H and O–H groups in total. The van der Waals surface area contributed by atoms with Gasteiger partial charge in [0, 0.05) is 12.2 Å². The minimum Gasteiger partial charge on any atom is -0.493 e. The van der Waals surface area contributed by atoms with Crippen LogP contribution < -0.4 is 9.47 Å². The van der Waals surface area contributed by atoms with Gasteiger partial charge in [-0.15, -0.1) is 0 Å². The molecule has 30 heavy (non-hydrogen) atoms. The molecular weight excluding hydrogens is 384 g/mol. The van der Waals surface area contributed by atoms with Crippen molar-refractivity contribution in [1.29, 1.82) is 0 Å². The van der Waals surface area contributed by atoms with Gasteiger partial charge in [0.25, 0.3) is 0 Å². The van der Waals surface area contributed by atoms with Gasteiger partial charge in [-0.05, 0) is 64.9 Å². The lowest BCUT2D eigenvalue weighted by Crippen LogP contribution is -2.36. The number of nitrogens with zero attached hydrogens (tertiary/aromatic N) is 1. The highest BCUT2D eigenvalue weighted by atomic mass is 16.5. The minimum absolute atomic E-state index is 0.0773. The van der Waals surface area contributed by atoms with Gasteiger partial charge in [-0.2, -0.15) is 0 Å². The monoisotopic (exact) mass is 416 g/mol. The molecule has 0 aliphatic rings. The third kappa shape index (κ3) is 5.02. The fourth-order valence-corrected chi connectivity index (χ4v) is 3.42. The first kappa shape index (κ1) is 23.5. The van der Waals surface area contributed by atoms with Gasteiger partial charge in [-0.1, -0.05) is 6.07 Å². The Labute approximate surface area is 178 Å². The molecule has 0 aliphatic heterocycles. The Morgan fingerprint density at radius 3 is 2.43 bits per heavy atom. The molecule has 0 bridgehead atoms. The number of aromatic amines is 1. The van der Waals surface area contributed by atoms with E-state index >= 15 is 0 Å². The van der Waals surface area contributed by atoms with Crippen molar-refractivity contribution in [2.45, 2.75) is 47.2 Å². The van der Waals surface area contributed by atoms with E-state index < -0.39 is 12.0 Å². The number of likely N-dealkylation sites (N-methyl/N-ethyl adjacent to an activating group) is 1. The van der Waals surface area contributed by atoms with Crippen LogP contribution in [0.1, 0.15) is 58.4 Å². The second-order valence-electron chi connectivity index (χ2n) is 7.22. The summed E-state index contributed by atoms with van der Waals surface area (Å²) < 4.78 is 16.1. The van der Waals surface area contributed by atoms with Crippen LogP contribution in [0.25, 0.3) is 0 Å². The standard InChI is InChI=1S/C23H32N2O5/c1-8-29-18-11-10-17(12-19(18)28-7)13-25(6)16(5)22(26)21-14(3)20(15(4)24-21)23(27)30-9-2/h10-12,16,24H,8-9,13H2,1-7H3/t16-/m0/s1. The third-order valence-corrected chi connectivity index (χ3v) is 5.16. The Kier molecular flexibility index (Phi) is 8.06. The molecule has 2 aromatic rings. The summed E-state index contributed by atoms with van der Waals surface area (Å²) in [5.41, 5.74) is 3.15. The van der Waals surface area contributed by atoms with E-state index in [1.165, 1.54) is 0 Å². The summed E-state index contributed by atoms with van der Waals surface area (Å²) >= 11 is 0. The van der Waals surface area contributed by atoms with Gasteiger partial charge >= 0.3 is 5.97 Å². The fraction of sp³-hybridized carbons (Fsp3) is 0.478. The summed E-state index contributed by atoms with van der Waals surface area (Å²) in [4.78, 5) is 30.4. The molecule has 0 spiro atoms. The highest BCUT2D eigenvalue weighted by Gasteiger charge is 2.27. The van der Waals surface area contributed by atoms with Crippen LogP contribution in [0.15, 0.2) is 18.2 Å². The van der Waals surface area contributed by atoms with E-state index in [9.17, 15) is 9.59 Å². The van der Waals surface area contributed by atoms with Gasteiger partial charge in [0.1, 0.15) is 0 Å². The summed E-state index contributed by atoms with van der Waals surface area (Å²) in [7, 11) is 3.50. The number of hydrogen-bond donors (Lipinski definition) is 1. The highest BCUT2D eigenvalue weighted by Crippen LogP contribution is 2.29. The molecule has 164 valence electrons. The van der Waals surface area contributed by atoms with Gasteiger partial charge in [0.15, 0.2) is 17.3 Å². The summed E-state index contributed by atoms with van der Waals surface area (Å²) in [5.74, 6) is 0.869. The molecule has 7 heteroatoms. The summed E-state index contributed by atoms with van der Waals surface area (Å²) in [5, 5.41) is 0. The zero-order chi connectivity index (χ0) is 22.4. The molecular formula is C23H32N2O5. The second-order valence-corrected chi connectivity index (χ2v) is 7.22. The van der Waals surface area contributed by atoms with E-state index in [0.29, 0.717) is 47.2 Å². The number of benzene rings is 1. The number of esters is 1. The van der Waals surface area contributed by atoms with Gasteiger partial charge in [0.2, 0.25) is 0 Å². The van der Waals surface area contributed by atoms with Gasteiger partial charge in [-0.25, -0.2) is 4.79 Å². The van der Waals surface area contributed by atoms with E-state index in [2.05, 4.69) is 4.98 Å². The van der Waals surface area contributed by atoms with Crippen LogP contribution in [0, 0.1) is 13.8 Å². The van der Waals surface area contributed by atoms with Crippen molar-refractivity contribution in [3.8, 4) is 11.5 Å². The molecule has 2 rings (SSSR count). The number of Topliss-reactive ketones (excluding diaryl/α,β-unsaturated/α-hetero) is 1. The smallest absolute Gasteiger partial charge is 0.340 e. The van der Waals surface area contributed by atoms with Crippen LogP contribution >= 0.6 is 0 Å². The first-order chi connectivity index (χ1) is 14.2. The van der Waals surface area contributed by atoms with Crippen LogP contribution in [-0.4, -0.2) is 55.0 Å². The third-order valence-electron chi connectivity index (χ3n) is 5.16. The Morgan fingerprint density at radius 1 is 1.13 bits per heavy atom. The zero-order valence-corrected chi connectivity index (χ0v) is 18.9. The number of carbonyl (C=O) groups excluding carboxylic acids is 2. The first-order valence-electron chi connectivity index (χ1n) is 10.1. The summed E-state index contributed by atoms with van der Waals surface area (Å²) in [6.07, 6.45) is 0. The van der Waals surface area contributed by atoms with Gasteiger partial charge < -0.3 is 19.2 Å². The lowest BCUT2D eigenvalue weighted by molar-refractivity contribution is 0.0525. The topological polar surface area (TPSA) is 80.9 Å². The van der Waals surface area contributed by atoms with Crippen molar-refractivity contribution in [1.82, 2.24) is 9.88 Å². The fourth-order valence-electron chi connectivity index (χ4n) is 3.42.